The number of rotatable bonds is 2. The van der Waals surface area contributed by atoms with Crippen molar-refractivity contribution in [2.75, 3.05) is 4.90 Å². The number of hydrogen-bond donors (Lipinski definition) is 0. The van der Waals surface area contributed by atoms with Crippen LogP contribution in [-0.2, 0) is 0 Å². The van der Waals surface area contributed by atoms with Gasteiger partial charge in [0.2, 0.25) is 0 Å². The SMILES string of the molecule is c1ccc2c(c1)N(c1ccc(-n3c4ccccc4c4ccccc43)cc1)c1cccc3c4c5sc6ccccc6c5ccc4n-2c13. The highest BCUT2D eigenvalue weighted by Gasteiger charge is 2.29. The van der Waals surface area contributed by atoms with Crippen molar-refractivity contribution < 1.29 is 0 Å². The van der Waals surface area contributed by atoms with Crippen LogP contribution in [0.2, 0.25) is 0 Å². The zero-order chi connectivity index (χ0) is 29.9. The predicted molar refractivity (Wildman–Crippen MR) is 196 cm³/mol. The first-order chi connectivity index (χ1) is 22.8. The topological polar surface area (TPSA) is 13.1 Å². The summed E-state index contributed by atoms with van der Waals surface area (Å²) in [6.45, 7) is 0. The molecule has 0 saturated carbocycles. The van der Waals surface area contributed by atoms with E-state index in [1.165, 1.54) is 80.8 Å². The maximum atomic E-state index is 2.49. The summed E-state index contributed by atoms with van der Waals surface area (Å²) in [6, 6.07) is 55.5. The molecule has 0 fully saturated rings. The molecule has 0 spiro atoms. The van der Waals surface area contributed by atoms with E-state index >= 15 is 0 Å². The van der Waals surface area contributed by atoms with Gasteiger partial charge in [-0.05, 0) is 66.7 Å². The molecule has 0 aliphatic carbocycles. The van der Waals surface area contributed by atoms with Crippen molar-refractivity contribution in [3.05, 3.63) is 152 Å². The van der Waals surface area contributed by atoms with Crippen LogP contribution in [0.3, 0.4) is 0 Å². The van der Waals surface area contributed by atoms with E-state index in [1.807, 2.05) is 11.3 Å². The lowest BCUT2D eigenvalue weighted by molar-refractivity contribution is 1.11. The van der Waals surface area contributed by atoms with Gasteiger partial charge in [-0.1, -0.05) is 84.9 Å². The molecule has 4 heterocycles. The van der Waals surface area contributed by atoms with E-state index in [2.05, 4.69) is 166 Å². The van der Waals surface area contributed by atoms with Gasteiger partial charge in [-0.15, -0.1) is 11.3 Å². The summed E-state index contributed by atoms with van der Waals surface area (Å²) in [7, 11) is 0. The zero-order valence-electron chi connectivity index (χ0n) is 24.7. The molecule has 0 bridgehead atoms. The highest BCUT2D eigenvalue weighted by atomic mass is 32.1. The van der Waals surface area contributed by atoms with E-state index in [1.54, 1.807) is 0 Å². The summed E-state index contributed by atoms with van der Waals surface area (Å²) in [4.78, 5) is 2.44. The maximum absolute atomic E-state index is 2.49. The summed E-state index contributed by atoms with van der Waals surface area (Å²) in [5.41, 5.74) is 10.9. The molecular weight excluding hydrogens is 579 g/mol. The number of hydrogen-bond acceptors (Lipinski definition) is 2. The number of nitrogens with zero attached hydrogens (tertiary/aromatic N) is 3. The third kappa shape index (κ3) is 3.06. The van der Waals surface area contributed by atoms with Gasteiger partial charge in [0.25, 0.3) is 0 Å². The number of benzene rings is 7. The van der Waals surface area contributed by atoms with E-state index in [0.717, 1.165) is 11.4 Å². The minimum atomic E-state index is 1.15. The molecule has 0 saturated heterocycles. The van der Waals surface area contributed by atoms with Crippen LogP contribution in [0.15, 0.2) is 152 Å². The molecule has 0 atom stereocenters. The quantitative estimate of drug-likeness (QED) is 0.192. The third-order valence-electron chi connectivity index (χ3n) is 9.82. The van der Waals surface area contributed by atoms with E-state index in [0.29, 0.717) is 0 Å². The van der Waals surface area contributed by atoms with Gasteiger partial charge < -0.3 is 14.0 Å². The predicted octanol–water partition coefficient (Wildman–Crippen LogP) is 12.0. The van der Waals surface area contributed by atoms with Crippen molar-refractivity contribution in [2.24, 2.45) is 0 Å². The van der Waals surface area contributed by atoms with Crippen molar-refractivity contribution in [1.82, 2.24) is 9.13 Å². The minimum absolute atomic E-state index is 1.15. The van der Waals surface area contributed by atoms with Gasteiger partial charge in [-0.3, -0.25) is 0 Å². The molecule has 3 aromatic heterocycles. The summed E-state index contributed by atoms with van der Waals surface area (Å²) in [5.74, 6) is 0. The second-order valence-electron chi connectivity index (χ2n) is 12.2. The van der Waals surface area contributed by atoms with Crippen molar-refractivity contribution in [2.45, 2.75) is 0 Å². The van der Waals surface area contributed by atoms with E-state index < -0.39 is 0 Å². The molecule has 1 aliphatic heterocycles. The molecule has 10 aromatic rings. The molecule has 4 heteroatoms. The van der Waals surface area contributed by atoms with Crippen LogP contribution in [0, 0.1) is 0 Å². The molecule has 11 rings (SSSR count). The fraction of sp³-hybridized carbons (Fsp3) is 0. The lowest BCUT2D eigenvalue weighted by Gasteiger charge is -2.33. The Balaban J connectivity index is 1.16. The summed E-state index contributed by atoms with van der Waals surface area (Å²) < 4.78 is 7.57. The first-order valence-electron chi connectivity index (χ1n) is 15.7. The molecule has 7 aromatic carbocycles. The van der Waals surface area contributed by atoms with Crippen LogP contribution in [0.5, 0.6) is 0 Å². The Morgan fingerprint density at radius 1 is 0.370 bits per heavy atom. The van der Waals surface area contributed by atoms with Crippen LogP contribution in [0.1, 0.15) is 0 Å². The minimum Gasteiger partial charge on any atom is -0.309 e. The Morgan fingerprint density at radius 2 is 0.978 bits per heavy atom. The molecular formula is C42H25N3S. The van der Waals surface area contributed by atoms with Gasteiger partial charge in [0.15, 0.2) is 0 Å². The second kappa shape index (κ2) is 8.87. The third-order valence-corrected chi connectivity index (χ3v) is 11.0. The number of fused-ring (bicyclic) bond motifs is 12. The van der Waals surface area contributed by atoms with Crippen molar-refractivity contribution >= 4 is 92.2 Å². The van der Waals surface area contributed by atoms with Gasteiger partial charge >= 0.3 is 0 Å². The van der Waals surface area contributed by atoms with Crippen molar-refractivity contribution in [3.63, 3.8) is 0 Å². The van der Waals surface area contributed by atoms with Gasteiger partial charge in [0, 0.05) is 53.1 Å². The van der Waals surface area contributed by atoms with Crippen LogP contribution in [0.25, 0.3) is 75.2 Å². The molecule has 0 N–H and O–H groups in total. The number of anilines is 3. The molecule has 46 heavy (non-hydrogen) atoms. The number of para-hydroxylation sites is 5. The smallest absolute Gasteiger partial charge is 0.0783 e. The largest absolute Gasteiger partial charge is 0.309 e. The number of aromatic nitrogens is 2. The van der Waals surface area contributed by atoms with Crippen molar-refractivity contribution in [1.29, 1.82) is 0 Å². The molecule has 0 radical (unpaired) electrons. The molecule has 214 valence electrons. The standard InChI is InChI=1S/C42H25N3S/c1-4-14-33-28(10-1)29-11-2-5-15-34(29)43(33)26-20-22-27(23-21-26)44-35-16-6-7-17-36(35)45-37-25-24-31-30-12-3-8-19-39(30)46-42(31)40(37)32-13-9-18-38(44)41(32)45/h1-25H. The monoisotopic (exact) mass is 603 g/mol. The zero-order valence-corrected chi connectivity index (χ0v) is 25.5. The Kier molecular flexibility index (Phi) is 4.72. The van der Waals surface area contributed by atoms with Gasteiger partial charge in [0.1, 0.15) is 0 Å². The van der Waals surface area contributed by atoms with Crippen LogP contribution in [0.4, 0.5) is 17.1 Å². The Labute approximate surface area is 268 Å². The highest BCUT2D eigenvalue weighted by Crippen LogP contribution is 2.52. The van der Waals surface area contributed by atoms with Crippen LogP contribution < -0.4 is 4.90 Å². The van der Waals surface area contributed by atoms with Gasteiger partial charge in [-0.25, -0.2) is 0 Å². The average molecular weight is 604 g/mol. The van der Waals surface area contributed by atoms with E-state index in [-0.39, 0.29) is 0 Å². The van der Waals surface area contributed by atoms with Crippen LogP contribution in [-0.4, -0.2) is 9.13 Å². The number of thiophene rings is 1. The lowest BCUT2D eigenvalue weighted by Crippen LogP contribution is -2.18. The lowest BCUT2D eigenvalue weighted by atomic mass is 10.1. The summed E-state index contributed by atoms with van der Waals surface area (Å²) in [5, 5.41) is 7.86. The fourth-order valence-corrected chi connectivity index (χ4v) is 9.21. The fourth-order valence-electron chi connectivity index (χ4n) is 7.95. The Bertz CT molecular complexity index is 2810. The van der Waals surface area contributed by atoms with E-state index in [4.69, 9.17) is 0 Å². The summed E-state index contributed by atoms with van der Waals surface area (Å²) >= 11 is 1.91. The van der Waals surface area contributed by atoms with Crippen LogP contribution >= 0.6 is 11.3 Å². The first-order valence-corrected chi connectivity index (χ1v) is 16.5. The highest BCUT2D eigenvalue weighted by molar-refractivity contribution is 7.26. The first kappa shape index (κ1) is 24.5. The molecule has 3 nitrogen and oxygen atoms in total. The molecule has 0 unspecified atom stereocenters. The second-order valence-corrected chi connectivity index (χ2v) is 13.2. The van der Waals surface area contributed by atoms with Gasteiger partial charge in [0.05, 0.1) is 39.1 Å². The normalized spacial score (nSPS) is 12.7. The Hall–Kier alpha value is -5.84. The van der Waals surface area contributed by atoms with Gasteiger partial charge in [-0.2, -0.15) is 0 Å². The average Bonchev–Trinajstić information content (AvgIpc) is 3.77. The van der Waals surface area contributed by atoms with E-state index in [9.17, 15) is 0 Å². The summed E-state index contributed by atoms with van der Waals surface area (Å²) in [6.07, 6.45) is 0. The molecule has 0 amide bonds. The Morgan fingerprint density at radius 3 is 1.76 bits per heavy atom. The van der Waals surface area contributed by atoms with Crippen molar-refractivity contribution in [3.8, 4) is 11.4 Å². The molecule has 1 aliphatic rings. The maximum Gasteiger partial charge on any atom is 0.0783 e.